The van der Waals surface area contributed by atoms with Gasteiger partial charge in [0.1, 0.15) is 5.75 Å². The Morgan fingerprint density at radius 3 is 2.35 bits per heavy atom. The number of anilines is 2. The largest absolute Gasteiger partial charge is 0.497 e. The first-order valence-corrected chi connectivity index (χ1v) is 12.8. The molecule has 2 heterocycles. The number of thiocarbonyl (C=S) groups is 1. The number of benzene rings is 2. The highest BCUT2D eigenvalue weighted by Gasteiger charge is 2.43. The van der Waals surface area contributed by atoms with E-state index in [-0.39, 0.29) is 29.8 Å². The molecule has 1 aliphatic rings. The predicted molar refractivity (Wildman–Crippen MR) is 145 cm³/mol. The number of hydrogen-bond donors (Lipinski definition) is 1. The molecule has 0 unspecified atom stereocenters. The summed E-state index contributed by atoms with van der Waals surface area (Å²) in [5, 5.41) is 6.21. The third-order valence-electron chi connectivity index (χ3n) is 6.36. The van der Waals surface area contributed by atoms with Crippen LogP contribution >= 0.6 is 23.6 Å². The smallest absolute Gasteiger partial charge is 0.234 e. The van der Waals surface area contributed by atoms with Gasteiger partial charge in [0.15, 0.2) is 5.11 Å². The monoisotopic (exact) mass is 493 g/mol. The van der Waals surface area contributed by atoms with Crippen molar-refractivity contribution in [2.45, 2.75) is 32.9 Å². The van der Waals surface area contributed by atoms with Gasteiger partial charge in [0.2, 0.25) is 5.91 Å². The fraction of sp³-hybridized carbons (Fsp3) is 0.333. The third-order valence-corrected chi connectivity index (χ3v) is 7.74. The molecular formula is C27H31N3O2S2. The lowest BCUT2D eigenvalue weighted by atomic mass is 9.96. The number of carbonyl (C=O) groups excluding carboxylic acids is 1. The molecule has 34 heavy (non-hydrogen) atoms. The van der Waals surface area contributed by atoms with Crippen LogP contribution in [0, 0.1) is 11.8 Å². The molecule has 0 aliphatic carbocycles. The minimum Gasteiger partial charge on any atom is -0.497 e. The van der Waals surface area contributed by atoms with Crippen LogP contribution in [0.15, 0.2) is 72.1 Å². The number of rotatable bonds is 8. The van der Waals surface area contributed by atoms with Crippen LogP contribution < -0.4 is 15.0 Å². The van der Waals surface area contributed by atoms with Crippen molar-refractivity contribution in [3.63, 3.8) is 0 Å². The number of methoxy groups -OCH3 is 1. The van der Waals surface area contributed by atoms with Crippen molar-refractivity contribution in [3.05, 3.63) is 77.0 Å². The third kappa shape index (κ3) is 4.95. The average molecular weight is 494 g/mol. The van der Waals surface area contributed by atoms with Gasteiger partial charge in [0.25, 0.3) is 0 Å². The Morgan fingerprint density at radius 1 is 1.06 bits per heavy atom. The normalized spacial score (nSPS) is 17.7. The van der Waals surface area contributed by atoms with Crippen LogP contribution in [0.3, 0.4) is 0 Å². The van der Waals surface area contributed by atoms with Crippen molar-refractivity contribution in [2.24, 2.45) is 11.8 Å². The van der Waals surface area contributed by atoms with Gasteiger partial charge in [-0.2, -0.15) is 0 Å². The quantitative estimate of drug-likeness (QED) is 0.378. The molecule has 1 amide bonds. The van der Waals surface area contributed by atoms with E-state index in [1.807, 2.05) is 77.9 Å². The summed E-state index contributed by atoms with van der Waals surface area (Å²) in [4.78, 5) is 19.1. The van der Waals surface area contributed by atoms with Gasteiger partial charge >= 0.3 is 0 Å². The van der Waals surface area contributed by atoms with Crippen LogP contribution in [-0.2, 0) is 4.79 Å². The molecule has 3 aromatic rings. The van der Waals surface area contributed by atoms with E-state index in [0.717, 1.165) is 22.0 Å². The molecule has 0 spiro atoms. The Labute approximate surface area is 211 Å². The lowest BCUT2D eigenvalue weighted by Gasteiger charge is -2.32. The van der Waals surface area contributed by atoms with Gasteiger partial charge in [-0.1, -0.05) is 45.0 Å². The first-order valence-electron chi connectivity index (χ1n) is 11.5. The second kappa shape index (κ2) is 10.6. The van der Waals surface area contributed by atoms with E-state index in [4.69, 9.17) is 17.0 Å². The average Bonchev–Trinajstić information content (AvgIpc) is 3.51. The number of amides is 1. The topological polar surface area (TPSA) is 44.8 Å². The molecule has 1 fully saturated rings. The van der Waals surface area contributed by atoms with E-state index < -0.39 is 0 Å². The first-order chi connectivity index (χ1) is 16.4. The summed E-state index contributed by atoms with van der Waals surface area (Å²) in [7, 11) is 1.65. The molecule has 5 nitrogen and oxygen atoms in total. The van der Waals surface area contributed by atoms with Crippen LogP contribution in [0.4, 0.5) is 11.4 Å². The standard InChI is InChI=1S/C27H31N3O2S2/c1-18(2)23-17-29(21-9-6-5-7-10-21)27(33)30(23)26(31)19(3)25(24-11-8-16-34-24)28-20-12-14-22(32-4)15-13-20/h5-16,18-19,23,25,28H,17H2,1-4H3/t19-,23-,25+/m1/s1. The maximum Gasteiger partial charge on any atom is 0.234 e. The summed E-state index contributed by atoms with van der Waals surface area (Å²) in [6.07, 6.45) is 0. The van der Waals surface area contributed by atoms with E-state index in [2.05, 4.69) is 30.1 Å². The minimum atomic E-state index is -0.323. The van der Waals surface area contributed by atoms with Crippen molar-refractivity contribution < 1.29 is 9.53 Å². The Hall–Kier alpha value is -2.90. The molecule has 7 heteroatoms. The number of hydrogen-bond acceptors (Lipinski definition) is 5. The summed E-state index contributed by atoms with van der Waals surface area (Å²) in [5.74, 6) is 0.792. The number of nitrogens with zero attached hydrogens (tertiary/aromatic N) is 2. The fourth-order valence-corrected chi connectivity index (χ4v) is 5.64. The lowest BCUT2D eigenvalue weighted by Crippen LogP contribution is -2.46. The second-order valence-electron chi connectivity index (χ2n) is 8.90. The molecule has 0 radical (unpaired) electrons. The molecule has 4 rings (SSSR count). The minimum absolute atomic E-state index is 0.0210. The zero-order valence-corrected chi connectivity index (χ0v) is 21.6. The SMILES string of the molecule is COc1ccc(N[C@H](c2cccs2)[C@@H](C)C(=O)N2C(=S)N(c3ccccc3)C[C@@H]2C(C)C)cc1. The van der Waals surface area contributed by atoms with E-state index in [9.17, 15) is 4.79 Å². The van der Waals surface area contributed by atoms with E-state index >= 15 is 0 Å². The highest BCUT2D eigenvalue weighted by Crippen LogP contribution is 2.35. The molecule has 1 N–H and O–H groups in total. The molecule has 0 bridgehead atoms. The van der Waals surface area contributed by atoms with Crippen molar-refractivity contribution in [1.82, 2.24) is 4.90 Å². The van der Waals surface area contributed by atoms with Crippen molar-refractivity contribution in [1.29, 1.82) is 0 Å². The Balaban J connectivity index is 1.61. The molecule has 0 saturated carbocycles. The van der Waals surface area contributed by atoms with Gasteiger partial charge < -0.3 is 15.0 Å². The number of ether oxygens (including phenoxy) is 1. The molecular weight excluding hydrogens is 462 g/mol. The van der Waals surface area contributed by atoms with Gasteiger partial charge in [-0.25, -0.2) is 0 Å². The zero-order chi connectivity index (χ0) is 24.2. The van der Waals surface area contributed by atoms with Crippen LogP contribution in [0.1, 0.15) is 31.7 Å². The first kappa shape index (κ1) is 24.2. The molecule has 2 aromatic carbocycles. The van der Waals surface area contributed by atoms with Crippen LogP contribution in [0.25, 0.3) is 0 Å². The number of carbonyl (C=O) groups is 1. The second-order valence-corrected chi connectivity index (χ2v) is 10.2. The van der Waals surface area contributed by atoms with Gasteiger partial charge in [0.05, 0.1) is 25.1 Å². The number of nitrogens with one attached hydrogen (secondary N) is 1. The maximum atomic E-state index is 14.0. The lowest BCUT2D eigenvalue weighted by molar-refractivity contribution is -0.133. The predicted octanol–water partition coefficient (Wildman–Crippen LogP) is 6.20. The summed E-state index contributed by atoms with van der Waals surface area (Å²) in [6.45, 7) is 7.00. The summed E-state index contributed by atoms with van der Waals surface area (Å²) in [5.41, 5.74) is 1.96. The van der Waals surface area contributed by atoms with Crippen molar-refractivity contribution in [2.75, 3.05) is 23.9 Å². The van der Waals surface area contributed by atoms with Crippen molar-refractivity contribution in [3.8, 4) is 5.75 Å². The van der Waals surface area contributed by atoms with E-state index in [0.29, 0.717) is 11.7 Å². The molecule has 1 aliphatic heterocycles. The van der Waals surface area contributed by atoms with Crippen molar-refractivity contribution >= 4 is 45.9 Å². The summed E-state index contributed by atoms with van der Waals surface area (Å²) in [6, 6.07) is 21.8. The molecule has 3 atom stereocenters. The highest BCUT2D eigenvalue weighted by molar-refractivity contribution is 7.80. The fourth-order valence-electron chi connectivity index (χ4n) is 4.35. The molecule has 1 aromatic heterocycles. The van der Waals surface area contributed by atoms with Crippen LogP contribution in [-0.4, -0.2) is 35.6 Å². The Bertz CT molecular complexity index is 1100. The Kier molecular flexibility index (Phi) is 7.54. The van der Waals surface area contributed by atoms with Crippen LogP contribution in [0.2, 0.25) is 0 Å². The zero-order valence-electron chi connectivity index (χ0n) is 20.0. The summed E-state index contributed by atoms with van der Waals surface area (Å²) < 4.78 is 5.29. The molecule has 1 saturated heterocycles. The van der Waals surface area contributed by atoms with Gasteiger partial charge in [-0.15, -0.1) is 11.3 Å². The van der Waals surface area contributed by atoms with Gasteiger partial charge in [0, 0.05) is 22.8 Å². The molecule has 178 valence electrons. The van der Waals surface area contributed by atoms with E-state index in [1.165, 1.54) is 0 Å². The van der Waals surface area contributed by atoms with Gasteiger partial charge in [-0.3, -0.25) is 9.69 Å². The highest BCUT2D eigenvalue weighted by atomic mass is 32.1. The van der Waals surface area contributed by atoms with Gasteiger partial charge in [-0.05, 0) is 66.0 Å². The number of thiophene rings is 1. The summed E-state index contributed by atoms with van der Waals surface area (Å²) >= 11 is 7.53. The number of para-hydroxylation sites is 1. The Morgan fingerprint density at radius 2 is 1.76 bits per heavy atom. The van der Waals surface area contributed by atoms with Crippen LogP contribution in [0.5, 0.6) is 5.75 Å². The maximum absolute atomic E-state index is 14.0. The van der Waals surface area contributed by atoms with E-state index in [1.54, 1.807) is 18.4 Å².